The van der Waals surface area contributed by atoms with Crippen LogP contribution in [-0.2, 0) is 4.74 Å². The van der Waals surface area contributed by atoms with Crippen LogP contribution in [0.5, 0.6) is 0 Å². The summed E-state index contributed by atoms with van der Waals surface area (Å²) in [5, 5.41) is 0. The van der Waals surface area contributed by atoms with Gasteiger partial charge in [0.15, 0.2) is 0 Å². The Morgan fingerprint density at radius 1 is 0.950 bits per heavy atom. The molecule has 0 radical (unpaired) electrons. The van der Waals surface area contributed by atoms with E-state index >= 15 is 0 Å². The Labute approximate surface area is 116 Å². The third-order valence-electron chi connectivity index (χ3n) is 3.79. The van der Waals surface area contributed by atoms with Gasteiger partial charge in [-0.05, 0) is 0 Å². The van der Waals surface area contributed by atoms with E-state index in [1.165, 1.54) is 6.33 Å². The summed E-state index contributed by atoms with van der Waals surface area (Å²) < 4.78 is 31.7. The van der Waals surface area contributed by atoms with E-state index in [4.69, 9.17) is 4.74 Å². The van der Waals surface area contributed by atoms with Crippen LogP contribution < -0.4 is 9.80 Å². The molecule has 0 N–H and O–H groups in total. The van der Waals surface area contributed by atoms with Crippen LogP contribution in [-0.4, -0.2) is 55.3 Å². The van der Waals surface area contributed by atoms with Gasteiger partial charge in [0.25, 0.3) is 5.92 Å². The zero-order chi connectivity index (χ0) is 14.0. The summed E-state index contributed by atoms with van der Waals surface area (Å²) in [5.74, 6) is -0.955. The molecule has 1 aromatic heterocycles. The molecule has 7 heteroatoms. The largest absolute Gasteiger partial charge is 0.378 e. The van der Waals surface area contributed by atoms with E-state index in [9.17, 15) is 8.78 Å². The Balaban J connectivity index is 1.71. The Bertz CT molecular complexity index is 455. The molecule has 1 aromatic rings. The lowest BCUT2D eigenvalue weighted by Crippen LogP contribution is -2.40. The highest BCUT2D eigenvalue weighted by Gasteiger charge is 2.34. The normalized spacial score (nSPS) is 22.9. The summed E-state index contributed by atoms with van der Waals surface area (Å²) in [7, 11) is 0. The Morgan fingerprint density at radius 2 is 1.50 bits per heavy atom. The molecule has 0 saturated carbocycles. The van der Waals surface area contributed by atoms with Crippen LogP contribution in [0.3, 0.4) is 0 Å². The number of rotatable bonds is 2. The number of alkyl halides is 2. The highest BCUT2D eigenvalue weighted by molar-refractivity contribution is 5.50. The average molecular weight is 284 g/mol. The number of piperidine rings is 1. The molecule has 0 unspecified atom stereocenters. The second kappa shape index (κ2) is 5.47. The van der Waals surface area contributed by atoms with E-state index in [1.807, 2.05) is 11.0 Å². The molecule has 0 amide bonds. The van der Waals surface area contributed by atoms with Gasteiger partial charge in [-0.3, -0.25) is 0 Å². The van der Waals surface area contributed by atoms with Crippen molar-refractivity contribution in [3.63, 3.8) is 0 Å². The van der Waals surface area contributed by atoms with E-state index in [-0.39, 0.29) is 12.8 Å². The third-order valence-corrected chi connectivity index (χ3v) is 3.79. The number of morpholine rings is 1. The van der Waals surface area contributed by atoms with Crippen LogP contribution in [0.2, 0.25) is 0 Å². The highest BCUT2D eigenvalue weighted by Crippen LogP contribution is 2.30. The molecule has 2 saturated heterocycles. The number of nitrogens with zero attached hydrogens (tertiary/aromatic N) is 4. The maximum atomic E-state index is 13.2. The second-order valence-corrected chi connectivity index (χ2v) is 5.18. The van der Waals surface area contributed by atoms with Crippen molar-refractivity contribution in [1.82, 2.24) is 9.97 Å². The third kappa shape index (κ3) is 2.98. The van der Waals surface area contributed by atoms with Crippen LogP contribution in [0.1, 0.15) is 12.8 Å². The van der Waals surface area contributed by atoms with Crippen molar-refractivity contribution in [2.24, 2.45) is 0 Å². The molecule has 2 aliphatic rings. The zero-order valence-electron chi connectivity index (χ0n) is 11.3. The molecule has 20 heavy (non-hydrogen) atoms. The first-order chi connectivity index (χ1) is 9.64. The van der Waals surface area contributed by atoms with E-state index in [2.05, 4.69) is 14.9 Å². The van der Waals surface area contributed by atoms with Gasteiger partial charge < -0.3 is 14.5 Å². The number of hydrogen-bond donors (Lipinski definition) is 0. The number of aromatic nitrogens is 2. The predicted molar refractivity (Wildman–Crippen MR) is 71.5 cm³/mol. The molecule has 110 valence electrons. The SMILES string of the molecule is FC1(F)CCN(c2cc(N3CCOCC3)ncn2)CC1. The van der Waals surface area contributed by atoms with E-state index in [0.717, 1.165) is 24.7 Å². The second-order valence-electron chi connectivity index (χ2n) is 5.18. The minimum Gasteiger partial charge on any atom is -0.378 e. The van der Waals surface area contributed by atoms with Crippen molar-refractivity contribution < 1.29 is 13.5 Å². The summed E-state index contributed by atoms with van der Waals surface area (Å²) in [6, 6.07) is 1.88. The van der Waals surface area contributed by atoms with E-state index in [1.54, 1.807) is 0 Å². The fourth-order valence-corrected chi connectivity index (χ4v) is 2.54. The quantitative estimate of drug-likeness (QED) is 0.824. The number of ether oxygens (including phenoxy) is 1. The van der Waals surface area contributed by atoms with Crippen LogP contribution >= 0.6 is 0 Å². The van der Waals surface area contributed by atoms with Crippen molar-refractivity contribution >= 4 is 11.6 Å². The maximum absolute atomic E-state index is 13.2. The first-order valence-electron chi connectivity index (χ1n) is 6.92. The number of anilines is 2. The summed E-state index contributed by atoms with van der Waals surface area (Å²) in [4.78, 5) is 12.5. The van der Waals surface area contributed by atoms with Crippen LogP contribution in [0.25, 0.3) is 0 Å². The van der Waals surface area contributed by atoms with Crippen molar-refractivity contribution in [3.05, 3.63) is 12.4 Å². The standard InChI is InChI=1S/C13H18F2N4O/c14-13(15)1-3-18(4-2-13)11-9-12(17-10-16-11)19-5-7-20-8-6-19/h9-10H,1-8H2. The van der Waals surface area contributed by atoms with Crippen LogP contribution in [0, 0.1) is 0 Å². The molecule has 0 bridgehead atoms. The summed E-state index contributed by atoms with van der Waals surface area (Å²) in [5.41, 5.74) is 0. The van der Waals surface area contributed by atoms with Crippen molar-refractivity contribution in [2.45, 2.75) is 18.8 Å². The van der Waals surface area contributed by atoms with Gasteiger partial charge in [-0.2, -0.15) is 0 Å². The predicted octanol–water partition coefficient (Wildman–Crippen LogP) is 1.55. The molecule has 3 heterocycles. The van der Waals surface area contributed by atoms with Gasteiger partial charge in [-0.15, -0.1) is 0 Å². The average Bonchev–Trinajstić information content (AvgIpc) is 2.48. The Hall–Kier alpha value is -1.50. The van der Waals surface area contributed by atoms with Crippen molar-refractivity contribution in [1.29, 1.82) is 0 Å². The van der Waals surface area contributed by atoms with Gasteiger partial charge in [0, 0.05) is 45.1 Å². The Morgan fingerprint density at radius 3 is 2.10 bits per heavy atom. The summed E-state index contributed by atoms with van der Waals surface area (Å²) in [6.45, 7) is 3.66. The lowest BCUT2D eigenvalue weighted by molar-refractivity contribution is -0.0221. The van der Waals surface area contributed by atoms with E-state index < -0.39 is 5.92 Å². The first kappa shape index (κ1) is 13.5. The molecule has 0 atom stereocenters. The fourth-order valence-electron chi connectivity index (χ4n) is 2.54. The van der Waals surface area contributed by atoms with Gasteiger partial charge in [0.1, 0.15) is 18.0 Å². The van der Waals surface area contributed by atoms with Crippen LogP contribution in [0.15, 0.2) is 12.4 Å². The van der Waals surface area contributed by atoms with Gasteiger partial charge in [0.2, 0.25) is 0 Å². The molecule has 5 nitrogen and oxygen atoms in total. The summed E-state index contributed by atoms with van der Waals surface area (Å²) in [6.07, 6.45) is 1.29. The smallest absolute Gasteiger partial charge is 0.251 e. The van der Waals surface area contributed by atoms with Gasteiger partial charge >= 0.3 is 0 Å². The van der Waals surface area contributed by atoms with Gasteiger partial charge in [0.05, 0.1) is 13.2 Å². The van der Waals surface area contributed by atoms with Gasteiger partial charge in [-0.1, -0.05) is 0 Å². The topological polar surface area (TPSA) is 41.5 Å². The molecule has 2 fully saturated rings. The highest BCUT2D eigenvalue weighted by atomic mass is 19.3. The molecule has 0 aliphatic carbocycles. The van der Waals surface area contributed by atoms with Crippen molar-refractivity contribution in [2.75, 3.05) is 49.2 Å². The maximum Gasteiger partial charge on any atom is 0.251 e. The van der Waals surface area contributed by atoms with Crippen molar-refractivity contribution in [3.8, 4) is 0 Å². The van der Waals surface area contributed by atoms with Crippen LogP contribution in [0.4, 0.5) is 20.4 Å². The minimum atomic E-state index is -2.53. The minimum absolute atomic E-state index is 0.107. The molecule has 0 spiro atoms. The molecule has 0 aromatic carbocycles. The lowest BCUT2D eigenvalue weighted by Gasteiger charge is -2.33. The molecular formula is C13H18F2N4O. The van der Waals surface area contributed by atoms with Gasteiger partial charge in [-0.25, -0.2) is 18.7 Å². The monoisotopic (exact) mass is 284 g/mol. The molecule has 2 aliphatic heterocycles. The Kier molecular flexibility index (Phi) is 3.69. The molecule has 3 rings (SSSR count). The van der Waals surface area contributed by atoms with E-state index in [0.29, 0.717) is 26.3 Å². The lowest BCUT2D eigenvalue weighted by atomic mass is 10.1. The number of hydrogen-bond acceptors (Lipinski definition) is 5. The fraction of sp³-hybridized carbons (Fsp3) is 0.692. The number of halogens is 2. The summed E-state index contributed by atoms with van der Waals surface area (Å²) >= 11 is 0. The first-order valence-corrected chi connectivity index (χ1v) is 6.92. The zero-order valence-corrected chi connectivity index (χ0v) is 11.3. The molecular weight excluding hydrogens is 266 g/mol.